The second kappa shape index (κ2) is 6.70. The highest BCUT2D eigenvalue weighted by atomic mass is 127. The molecule has 0 aliphatic carbocycles. The van der Waals surface area contributed by atoms with Crippen LogP contribution in [-0.4, -0.2) is 24.7 Å². The quantitative estimate of drug-likeness (QED) is 0.781. The van der Waals surface area contributed by atoms with Crippen LogP contribution in [0.5, 0.6) is 0 Å². The lowest BCUT2D eigenvalue weighted by Gasteiger charge is -2.29. The van der Waals surface area contributed by atoms with Crippen LogP contribution in [0, 0.1) is 3.57 Å². The van der Waals surface area contributed by atoms with Gasteiger partial charge in [0.05, 0.1) is 12.2 Å². The number of carbonyl (C=O) groups excluding carboxylic acids is 1. The molecule has 1 aliphatic heterocycles. The van der Waals surface area contributed by atoms with Crippen molar-refractivity contribution in [2.24, 2.45) is 0 Å². The largest absolute Gasteiger partial charge is 0.376 e. The lowest BCUT2D eigenvalue weighted by molar-refractivity contribution is -0.117. The van der Waals surface area contributed by atoms with Crippen LogP contribution in [0.25, 0.3) is 0 Å². The number of hydrogen-bond donors (Lipinski definition) is 1. The molecule has 0 spiro atoms. The monoisotopic (exact) mass is 410 g/mol. The molecule has 1 amide bonds. The minimum Gasteiger partial charge on any atom is -0.376 e. The average Bonchev–Trinajstić information content (AvgIpc) is 2.53. The van der Waals surface area contributed by atoms with Crippen molar-refractivity contribution in [2.45, 2.75) is 4.90 Å². The second-order valence-electron chi connectivity index (χ2n) is 4.72. The van der Waals surface area contributed by atoms with Gasteiger partial charge in [-0.25, -0.2) is 0 Å². The van der Waals surface area contributed by atoms with Crippen molar-refractivity contribution in [3.63, 3.8) is 0 Å². The van der Waals surface area contributed by atoms with E-state index < -0.39 is 0 Å². The summed E-state index contributed by atoms with van der Waals surface area (Å²) in [6.45, 7) is 1.09. The number of carbonyl (C=O) groups is 1. The maximum Gasteiger partial charge on any atom is 0.246 e. The van der Waals surface area contributed by atoms with Crippen LogP contribution in [0.2, 0.25) is 0 Å². The van der Waals surface area contributed by atoms with Crippen LogP contribution in [0.1, 0.15) is 0 Å². The number of benzene rings is 2. The van der Waals surface area contributed by atoms with E-state index in [-0.39, 0.29) is 5.91 Å². The van der Waals surface area contributed by atoms with Gasteiger partial charge in [0.15, 0.2) is 0 Å². The maximum absolute atomic E-state index is 12.5. The third-order valence-corrected chi connectivity index (χ3v) is 5.08. The fourth-order valence-corrected chi connectivity index (χ4v) is 3.62. The van der Waals surface area contributed by atoms with E-state index in [0.29, 0.717) is 6.54 Å². The van der Waals surface area contributed by atoms with Gasteiger partial charge in [-0.15, -0.1) is 11.8 Å². The number of para-hydroxylation sites is 1. The van der Waals surface area contributed by atoms with Crippen LogP contribution in [-0.2, 0) is 4.79 Å². The molecule has 3 rings (SSSR count). The van der Waals surface area contributed by atoms with Crippen molar-refractivity contribution >= 4 is 51.6 Å². The molecule has 1 aliphatic rings. The number of halogens is 1. The number of amides is 1. The number of anilines is 2. The summed E-state index contributed by atoms with van der Waals surface area (Å²) in [7, 11) is 0. The molecule has 1 N–H and O–H groups in total. The summed E-state index contributed by atoms with van der Waals surface area (Å²) in [4.78, 5) is 15.5. The SMILES string of the molecule is O=C(CNc1ccc(I)cc1)N1CCSc2ccccc21. The minimum atomic E-state index is 0.112. The molecule has 5 heteroatoms. The van der Waals surface area contributed by atoms with Gasteiger partial charge >= 0.3 is 0 Å². The first-order chi connectivity index (χ1) is 10.2. The van der Waals surface area contributed by atoms with Gasteiger partial charge in [-0.2, -0.15) is 0 Å². The summed E-state index contributed by atoms with van der Waals surface area (Å²) in [5.41, 5.74) is 2.01. The first kappa shape index (κ1) is 14.7. The molecule has 0 fully saturated rings. The number of hydrogen-bond acceptors (Lipinski definition) is 3. The Hall–Kier alpha value is -1.21. The predicted molar refractivity (Wildman–Crippen MR) is 97.2 cm³/mol. The third-order valence-electron chi connectivity index (χ3n) is 3.32. The van der Waals surface area contributed by atoms with Gasteiger partial charge in [0.25, 0.3) is 0 Å². The summed E-state index contributed by atoms with van der Waals surface area (Å²) in [5, 5.41) is 3.20. The van der Waals surface area contributed by atoms with Gasteiger partial charge < -0.3 is 10.2 Å². The number of fused-ring (bicyclic) bond motifs is 1. The van der Waals surface area contributed by atoms with Gasteiger partial charge in [-0.3, -0.25) is 4.79 Å². The maximum atomic E-state index is 12.5. The standard InChI is InChI=1S/C16H15IN2OS/c17-12-5-7-13(8-6-12)18-11-16(20)19-9-10-21-15-4-2-1-3-14(15)19/h1-8,18H,9-11H2. The fraction of sp³-hybridized carbons (Fsp3) is 0.188. The van der Waals surface area contributed by atoms with Crippen LogP contribution in [0.4, 0.5) is 11.4 Å². The van der Waals surface area contributed by atoms with E-state index in [2.05, 4.69) is 34.0 Å². The Labute approximate surface area is 142 Å². The van der Waals surface area contributed by atoms with Crippen LogP contribution in [0.15, 0.2) is 53.4 Å². The van der Waals surface area contributed by atoms with E-state index in [4.69, 9.17) is 0 Å². The first-order valence-corrected chi connectivity index (χ1v) is 8.82. The Balaban J connectivity index is 1.68. The Morgan fingerprint density at radius 2 is 1.95 bits per heavy atom. The fourth-order valence-electron chi connectivity index (χ4n) is 2.27. The Morgan fingerprint density at radius 3 is 2.76 bits per heavy atom. The lowest BCUT2D eigenvalue weighted by atomic mass is 10.2. The van der Waals surface area contributed by atoms with E-state index in [1.807, 2.05) is 59.1 Å². The zero-order chi connectivity index (χ0) is 14.7. The Kier molecular flexibility index (Phi) is 4.70. The summed E-state index contributed by atoms with van der Waals surface area (Å²) in [6.07, 6.45) is 0. The van der Waals surface area contributed by atoms with Crippen molar-refractivity contribution in [3.8, 4) is 0 Å². The highest BCUT2D eigenvalue weighted by Crippen LogP contribution is 2.34. The van der Waals surface area contributed by atoms with Crippen molar-refractivity contribution in [1.29, 1.82) is 0 Å². The molecule has 0 bridgehead atoms. The molecule has 0 atom stereocenters. The van der Waals surface area contributed by atoms with Crippen molar-refractivity contribution in [1.82, 2.24) is 0 Å². The van der Waals surface area contributed by atoms with E-state index >= 15 is 0 Å². The summed E-state index contributed by atoms with van der Waals surface area (Å²) in [6, 6.07) is 16.1. The van der Waals surface area contributed by atoms with Gasteiger partial charge in [0.1, 0.15) is 0 Å². The molecule has 1 heterocycles. The summed E-state index contributed by atoms with van der Waals surface area (Å²) < 4.78 is 1.19. The average molecular weight is 410 g/mol. The summed E-state index contributed by atoms with van der Waals surface area (Å²) in [5.74, 6) is 1.06. The van der Waals surface area contributed by atoms with Crippen molar-refractivity contribution < 1.29 is 4.79 Å². The topological polar surface area (TPSA) is 32.3 Å². The van der Waals surface area contributed by atoms with Gasteiger partial charge in [0.2, 0.25) is 5.91 Å². The van der Waals surface area contributed by atoms with E-state index in [9.17, 15) is 4.79 Å². The number of rotatable bonds is 3. The van der Waals surface area contributed by atoms with Gasteiger partial charge in [-0.1, -0.05) is 12.1 Å². The Morgan fingerprint density at radius 1 is 1.19 bits per heavy atom. The molecular formula is C16H15IN2OS. The smallest absolute Gasteiger partial charge is 0.246 e. The minimum absolute atomic E-state index is 0.112. The highest BCUT2D eigenvalue weighted by Gasteiger charge is 2.22. The third kappa shape index (κ3) is 3.52. The van der Waals surface area contributed by atoms with Gasteiger partial charge in [-0.05, 0) is 59.0 Å². The molecule has 0 unspecified atom stereocenters. The number of thioether (sulfide) groups is 1. The van der Waals surface area contributed by atoms with E-state index in [0.717, 1.165) is 23.7 Å². The molecule has 0 saturated heterocycles. The van der Waals surface area contributed by atoms with Crippen LogP contribution < -0.4 is 10.2 Å². The van der Waals surface area contributed by atoms with Crippen molar-refractivity contribution in [2.75, 3.05) is 29.1 Å². The Bertz CT molecular complexity index is 645. The molecule has 108 valence electrons. The van der Waals surface area contributed by atoms with Gasteiger partial charge in [0, 0.05) is 26.5 Å². The van der Waals surface area contributed by atoms with Crippen LogP contribution in [0.3, 0.4) is 0 Å². The summed E-state index contributed by atoms with van der Waals surface area (Å²) >= 11 is 4.08. The molecule has 0 radical (unpaired) electrons. The molecule has 0 saturated carbocycles. The normalized spacial score (nSPS) is 13.7. The van der Waals surface area contributed by atoms with E-state index in [1.165, 1.54) is 8.47 Å². The molecule has 0 aromatic heterocycles. The molecule has 21 heavy (non-hydrogen) atoms. The van der Waals surface area contributed by atoms with E-state index in [1.54, 1.807) is 0 Å². The first-order valence-electron chi connectivity index (χ1n) is 6.76. The van der Waals surface area contributed by atoms with Crippen LogP contribution >= 0.6 is 34.4 Å². The predicted octanol–water partition coefficient (Wildman–Crippen LogP) is 3.84. The molecule has 2 aromatic rings. The molecule has 3 nitrogen and oxygen atoms in total. The zero-order valence-corrected chi connectivity index (χ0v) is 14.4. The zero-order valence-electron chi connectivity index (χ0n) is 11.4. The molecular weight excluding hydrogens is 395 g/mol. The molecule has 2 aromatic carbocycles. The van der Waals surface area contributed by atoms with Crippen molar-refractivity contribution in [3.05, 3.63) is 52.1 Å². The highest BCUT2D eigenvalue weighted by molar-refractivity contribution is 14.1. The number of nitrogens with zero attached hydrogens (tertiary/aromatic N) is 1. The lowest BCUT2D eigenvalue weighted by Crippen LogP contribution is -2.39. The number of nitrogens with one attached hydrogen (secondary N) is 1. The second-order valence-corrected chi connectivity index (χ2v) is 7.10.